The summed E-state index contributed by atoms with van der Waals surface area (Å²) in [4.78, 5) is 11.6. The minimum Gasteiger partial charge on any atom is -0.489 e. The SMILES string of the molecule is O=C1C=CC[C@@H](c2ccccc2OCc2ccccc2)C1. The number of ketones is 1. The zero-order valence-corrected chi connectivity index (χ0v) is 11.9. The van der Waals surface area contributed by atoms with Gasteiger partial charge in [-0.05, 0) is 35.6 Å². The third kappa shape index (κ3) is 3.40. The topological polar surface area (TPSA) is 26.3 Å². The fourth-order valence-electron chi connectivity index (χ4n) is 2.68. The quantitative estimate of drug-likeness (QED) is 0.835. The van der Waals surface area contributed by atoms with Crippen molar-refractivity contribution in [3.05, 3.63) is 77.9 Å². The van der Waals surface area contributed by atoms with Crippen LogP contribution in [0.5, 0.6) is 5.75 Å². The molecule has 21 heavy (non-hydrogen) atoms. The van der Waals surface area contributed by atoms with E-state index < -0.39 is 0 Å². The molecule has 2 aromatic carbocycles. The molecule has 0 unspecified atom stereocenters. The minimum absolute atomic E-state index is 0.198. The molecule has 0 N–H and O–H groups in total. The Bertz CT molecular complexity index is 644. The molecule has 0 heterocycles. The number of hydrogen-bond donors (Lipinski definition) is 0. The van der Waals surface area contributed by atoms with Crippen molar-refractivity contribution < 1.29 is 9.53 Å². The van der Waals surface area contributed by atoms with Crippen LogP contribution < -0.4 is 4.74 Å². The third-order valence-corrected chi connectivity index (χ3v) is 3.77. The number of hydrogen-bond acceptors (Lipinski definition) is 2. The van der Waals surface area contributed by atoms with Crippen molar-refractivity contribution >= 4 is 5.78 Å². The molecule has 2 aromatic rings. The number of allylic oxidation sites excluding steroid dienone is 2. The Morgan fingerprint density at radius 1 is 1.00 bits per heavy atom. The van der Waals surface area contributed by atoms with Gasteiger partial charge in [0.25, 0.3) is 0 Å². The molecule has 0 amide bonds. The van der Waals surface area contributed by atoms with Gasteiger partial charge in [0.1, 0.15) is 12.4 Å². The lowest BCUT2D eigenvalue weighted by molar-refractivity contribution is -0.115. The molecule has 106 valence electrons. The van der Waals surface area contributed by atoms with Gasteiger partial charge < -0.3 is 4.74 Å². The number of ether oxygens (including phenoxy) is 1. The highest BCUT2D eigenvalue weighted by Gasteiger charge is 2.20. The summed E-state index contributed by atoms with van der Waals surface area (Å²) in [5, 5.41) is 0. The number of carbonyl (C=O) groups is 1. The Kier molecular flexibility index (Phi) is 4.15. The van der Waals surface area contributed by atoms with E-state index in [9.17, 15) is 4.79 Å². The van der Waals surface area contributed by atoms with Crippen molar-refractivity contribution in [2.45, 2.75) is 25.4 Å². The van der Waals surface area contributed by atoms with Crippen molar-refractivity contribution in [2.24, 2.45) is 0 Å². The average Bonchev–Trinajstić information content (AvgIpc) is 2.54. The molecule has 0 aliphatic heterocycles. The summed E-state index contributed by atoms with van der Waals surface area (Å²) < 4.78 is 5.98. The van der Waals surface area contributed by atoms with Gasteiger partial charge in [0, 0.05) is 6.42 Å². The normalized spacial score (nSPS) is 17.7. The lowest BCUT2D eigenvalue weighted by Crippen LogP contribution is -2.10. The molecule has 1 aliphatic rings. The molecule has 1 aliphatic carbocycles. The Morgan fingerprint density at radius 2 is 1.76 bits per heavy atom. The number of carbonyl (C=O) groups excluding carboxylic acids is 1. The van der Waals surface area contributed by atoms with E-state index in [1.54, 1.807) is 6.08 Å². The summed E-state index contributed by atoms with van der Waals surface area (Å²) in [6.45, 7) is 0.550. The molecule has 3 rings (SSSR count). The smallest absolute Gasteiger partial charge is 0.155 e. The van der Waals surface area contributed by atoms with Gasteiger partial charge in [0.2, 0.25) is 0 Å². The first kappa shape index (κ1) is 13.6. The van der Waals surface area contributed by atoms with Gasteiger partial charge >= 0.3 is 0 Å². The minimum atomic E-state index is 0.198. The number of para-hydroxylation sites is 1. The maximum Gasteiger partial charge on any atom is 0.155 e. The first-order chi connectivity index (χ1) is 10.3. The summed E-state index contributed by atoms with van der Waals surface area (Å²) in [6, 6.07) is 18.2. The molecule has 1 atom stereocenters. The van der Waals surface area contributed by atoms with E-state index in [-0.39, 0.29) is 11.7 Å². The Labute approximate surface area is 125 Å². The van der Waals surface area contributed by atoms with Crippen LogP contribution in [-0.4, -0.2) is 5.78 Å². The molecule has 0 radical (unpaired) electrons. The molecular weight excluding hydrogens is 260 g/mol. The molecular formula is C19H18O2. The highest BCUT2D eigenvalue weighted by atomic mass is 16.5. The summed E-state index contributed by atoms with van der Waals surface area (Å²) in [7, 11) is 0. The Hall–Kier alpha value is -2.35. The first-order valence-electron chi connectivity index (χ1n) is 7.28. The summed E-state index contributed by atoms with van der Waals surface area (Å²) in [5.41, 5.74) is 2.28. The molecule has 0 saturated heterocycles. The average molecular weight is 278 g/mol. The van der Waals surface area contributed by atoms with E-state index in [1.165, 1.54) is 0 Å². The zero-order valence-electron chi connectivity index (χ0n) is 11.9. The Balaban J connectivity index is 1.76. The van der Waals surface area contributed by atoms with Crippen LogP contribution in [0, 0.1) is 0 Å². The summed E-state index contributed by atoms with van der Waals surface area (Å²) in [6.07, 6.45) is 5.12. The van der Waals surface area contributed by atoms with E-state index in [0.29, 0.717) is 13.0 Å². The van der Waals surface area contributed by atoms with Crippen molar-refractivity contribution in [2.75, 3.05) is 0 Å². The standard InChI is InChI=1S/C19H18O2/c20-17-10-6-9-16(13-17)18-11-4-5-12-19(18)21-14-15-7-2-1-3-8-15/h1-8,10-12,16H,9,13-14H2/t16-/m1/s1. The van der Waals surface area contributed by atoms with Gasteiger partial charge in [-0.2, -0.15) is 0 Å². The van der Waals surface area contributed by atoms with Gasteiger partial charge in [-0.25, -0.2) is 0 Å². The number of rotatable bonds is 4. The second-order valence-corrected chi connectivity index (χ2v) is 5.32. The second-order valence-electron chi connectivity index (χ2n) is 5.32. The van der Waals surface area contributed by atoms with Gasteiger partial charge in [0.15, 0.2) is 5.78 Å². The van der Waals surface area contributed by atoms with Crippen LogP contribution in [0.4, 0.5) is 0 Å². The maximum absolute atomic E-state index is 11.6. The molecule has 2 nitrogen and oxygen atoms in total. The molecule has 0 saturated carbocycles. The maximum atomic E-state index is 11.6. The van der Waals surface area contributed by atoms with Crippen LogP contribution in [-0.2, 0) is 11.4 Å². The highest BCUT2D eigenvalue weighted by Crippen LogP contribution is 2.34. The highest BCUT2D eigenvalue weighted by molar-refractivity contribution is 5.91. The summed E-state index contributed by atoms with van der Waals surface area (Å²) >= 11 is 0. The van der Waals surface area contributed by atoms with Crippen LogP contribution in [0.25, 0.3) is 0 Å². The largest absolute Gasteiger partial charge is 0.489 e. The third-order valence-electron chi connectivity index (χ3n) is 3.77. The lowest BCUT2D eigenvalue weighted by Gasteiger charge is -2.20. The van der Waals surface area contributed by atoms with E-state index in [1.807, 2.05) is 42.5 Å². The van der Waals surface area contributed by atoms with Crippen LogP contribution in [0.2, 0.25) is 0 Å². The fraction of sp³-hybridized carbons (Fsp3) is 0.211. The van der Waals surface area contributed by atoms with Gasteiger partial charge in [-0.1, -0.05) is 54.6 Å². The molecule has 0 aromatic heterocycles. The number of benzene rings is 2. The van der Waals surface area contributed by atoms with Crippen molar-refractivity contribution in [1.82, 2.24) is 0 Å². The molecule has 0 spiro atoms. The zero-order chi connectivity index (χ0) is 14.5. The predicted molar refractivity (Wildman–Crippen MR) is 83.3 cm³/mol. The molecule has 0 fully saturated rings. The first-order valence-corrected chi connectivity index (χ1v) is 7.28. The monoisotopic (exact) mass is 278 g/mol. The second kappa shape index (κ2) is 6.40. The van der Waals surface area contributed by atoms with Gasteiger partial charge in [0.05, 0.1) is 0 Å². The van der Waals surface area contributed by atoms with Gasteiger partial charge in [-0.15, -0.1) is 0 Å². The Morgan fingerprint density at radius 3 is 2.57 bits per heavy atom. The van der Waals surface area contributed by atoms with Crippen molar-refractivity contribution in [1.29, 1.82) is 0 Å². The fourth-order valence-corrected chi connectivity index (χ4v) is 2.68. The summed E-state index contributed by atoms with van der Waals surface area (Å²) in [5.74, 6) is 1.31. The van der Waals surface area contributed by atoms with Crippen LogP contribution in [0.15, 0.2) is 66.7 Å². The van der Waals surface area contributed by atoms with E-state index in [4.69, 9.17) is 4.74 Å². The van der Waals surface area contributed by atoms with Crippen LogP contribution in [0.3, 0.4) is 0 Å². The van der Waals surface area contributed by atoms with E-state index >= 15 is 0 Å². The van der Waals surface area contributed by atoms with Crippen LogP contribution >= 0.6 is 0 Å². The van der Waals surface area contributed by atoms with Crippen LogP contribution in [0.1, 0.15) is 29.9 Å². The predicted octanol–water partition coefficient (Wildman–Crippen LogP) is 4.27. The van der Waals surface area contributed by atoms with Gasteiger partial charge in [-0.3, -0.25) is 4.79 Å². The molecule has 2 heteroatoms. The van der Waals surface area contributed by atoms with Crippen molar-refractivity contribution in [3.63, 3.8) is 0 Å². The van der Waals surface area contributed by atoms with Crippen molar-refractivity contribution in [3.8, 4) is 5.75 Å². The van der Waals surface area contributed by atoms with E-state index in [0.717, 1.165) is 23.3 Å². The lowest BCUT2D eigenvalue weighted by atomic mass is 9.87. The molecule has 0 bridgehead atoms. The van der Waals surface area contributed by atoms with E-state index in [2.05, 4.69) is 18.2 Å².